The lowest BCUT2D eigenvalue weighted by molar-refractivity contribution is -0.271. The molecule has 12 heteroatoms. The average molecular weight is 406 g/mol. The van der Waals surface area contributed by atoms with Gasteiger partial charge in [-0.3, -0.25) is 0 Å². The zero-order chi connectivity index (χ0) is 20.8. The molecule has 1 aliphatic rings. The molecule has 5 atom stereocenters. The SMILES string of the molecule is O=C(O)[C@@H]1O[C@@H](Oc2ccc3c(C(F)(F)F)cc(=O)oc3c2)[C@@H](O)[C@H](O)[C@H]1O. The highest BCUT2D eigenvalue weighted by Gasteiger charge is 2.48. The highest BCUT2D eigenvalue weighted by Crippen LogP contribution is 2.35. The predicted molar refractivity (Wildman–Crippen MR) is 82.4 cm³/mol. The number of alkyl halides is 3. The number of hydrogen-bond donors (Lipinski definition) is 4. The highest BCUT2D eigenvalue weighted by molar-refractivity contribution is 5.82. The summed E-state index contributed by atoms with van der Waals surface area (Å²) >= 11 is 0. The summed E-state index contributed by atoms with van der Waals surface area (Å²) in [6.07, 6.45) is -14.2. The van der Waals surface area contributed by atoms with Gasteiger partial charge in [-0.05, 0) is 12.1 Å². The average Bonchev–Trinajstić information content (AvgIpc) is 2.60. The van der Waals surface area contributed by atoms with E-state index in [1.807, 2.05) is 0 Å². The number of carboxylic acids is 1. The summed E-state index contributed by atoms with van der Waals surface area (Å²) in [5.74, 6) is -1.88. The first-order chi connectivity index (χ1) is 13.0. The number of rotatable bonds is 3. The normalized spacial score (nSPS) is 28.3. The van der Waals surface area contributed by atoms with E-state index in [9.17, 15) is 38.1 Å². The number of aliphatic carboxylic acids is 1. The fraction of sp³-hybridized carbons (Fsp3) is 0.375. The Bertz CT molecular complexity index is 955. The van der Waals surface area contributed by atoms with Gasteiger partial charge in [-0.25, -0.2) is 9.59 Å². The van der Waals surface area contributed by atoms with Crippen LogP contribution in [0.4, 0.5) is 13.2 Å². The van der Waals surface area contributed by atoms with Crippen LogP contribution >= 0.6 is 0 Å². The van der Waals surface area contributed by atoms with E-state index in [1.54, 1.807) is 0 Å². The molecule has 0 bridgehead atoms. The molecule has 1 aliphatic heterocycles. The van der Waals surface area contributed by atoms with Gasteiger partial charge in [-0.15, -0.1) is 0 Å². The van der Waals surface area contributed by atoms with E-state index in [0.717, 1.165) is 18.2 Å². The second-order valence-electron chi connectivity index (χ2n) is 5.99. The number of aliphatic hydroxyl groups is 3. The summed E-state index contributed by atoms with van der Waals surface area (Å²) in [5, 5.41) is 37.8. The molecule has 3 rings (SSSR count). The van der Waals surface area contributed by atoms with Crippen LogP contribution in [0, 0.1) is 0 Å². The van der Waals surface area contributed by atoms with Crippen molar-refractivity contribution in [3.63, 3.8) is 0 Å². The van der Waals surface area contributed by atoms with Gasteiger partial charge in [-0.2, -0.15) is 13.2 Å². The summed E-state index contributed by atoms with van der Waals surface area (Å²) in [4.78, 5) is 22.5. The van der Waals surface area contributed by atoms with Crippen LogP contribution in [0.2, 0.25) is 0 Å². The van der Waals surface area contributed by atoms with Crippen molar-refractivity contribution >= 4 is 16.9 Å². The molecule has 4 N–H and O–H groups in total. The Morgan fingerprint density at radius 2 is 1.75 bits per heavy atom. The van der Waals surface area contributed by atoms with Crippen molar-refractivity contribution in [3.05, 3.63) is 40.2 Å². The van der Waals surface area contributed by atoms with Crippen molar-refractivity contribution < 1.29 is 52.3 Å². The van der Waals surface area contributed by atoms with E-state index in [-0.39, 0.29) is 5.75 Å². The Morgan fingerprint density at radius 1 is 1.07 bits per heavy atom. The molecular formula is C16H13F3O9. The number of benzene rings is 1. The maximum atomic E-state index is 13.0. The second-order valence-corrected chi connectivity index (χ2v) is 5.99. The standard InChI is InChI=1S/C16H13F3O9/c17-16(18,19)7-4-9(20)27-8-3-5(1-2-6(7)8)26-15-12(23)10(21)11(22)13(28-15)14(24)25/h1-4,10-13,15,21-23H,(H,24,25)/t10-,11-,12+,13-,15-/m1/s1. The molecule has 28 heavy (non-hydrogen) atoms. The number of aliphatic hydroxyl groups excluding tert-OH is 3. The molecule has 0 saturated carbocycles. The first kappa shape index (κ1) is 20.1. The summed E-state index contributed by atoms with van der Waals surface area (Å²) in [6, 6.07) is 3.20. The molecule has 0 aliphatic carbocycles. The van der Waals surface area contributed by atoms with Crippen molar-refractivity contribution in [2.45, 2.75) is 36.9 Å². The summed E-state index contributed by atoms with van der Waals surface area (Å²) in [7, 11) is 0. The number of hydrogen-bond acceptors (Lipinski definition) is 8. The first-order valence-electron chi connectivity index (χ1n) is 7.73. The highest BCUT2D eigenvalue weighted by atomic mass is 19.4. The van der Waals surface area contributed by atoms with Gasteiger partial charge in [0.05, 0.1) is 5.56 Å². The van der Waals surface area contributed by atoms with E-state index in [2.05, 4.69) is 0 Å². The van der Waals surface area contributed by atoms with Crippen LogP contribution in [0.15, 0.2) is 33.5 Å². The van der Waals surface area contributed by atoms with Gasteiger partial charge in [-0.1, -0.05) is 0 Å². The third-order valence-corrected chi connectivity index (χ3v) is 4.09. The number of carbonyl (C=O) groups is 1. The van der Waals surface area contributed by atoms with Crippen LogP contribution in [-0.2, 0) is 15.7 Å². The van der Waals surface area contributed by atoms with E-state index >= 15 is 0 Å². The lowest BCUT2D eigenvalue weighted by Crippen LogP contribution is -2.61. The van der Waals surface area contributed by atoms with Crippen LogP contribution < -0.4 is 10.4 Å². The largest absolute Gasteiger partial charge is 0.479 e. The quantitative estimate of drug-likeness (QED) is 0.521. The molecule has 0 amide bonds. The van der Waals surface area contributed by atoms with Gasteiger partial charge in [0, 0.05) is 17.5 Å². The molecule has 0 unspecified atom stereocenters. The first-order valence-corrected chi connectivity index (χ1v) is 7.73. The molecule has 0 spiro atoms. The Morgan fingerprint density at radius 3 is 2.36 bits per heavy atom. The molecule has 1 fully saturated rings. The summed E-state index contributed by atoms with van der Waals surface area (Å²) in [6.45, 7) is 0. The Labute approximate surface area is 153 Å². The lowest BCUT2D eigenvalue weighted by Gasteiger charge is -2.38. The monoisotopic (exact) mass is 406 g/mol. The fourth-order valence-electron chi connectivity index (χ4n) is 2.73. The van der Waals surface area contributed by atoms with Crippen LogP contribution in [0.25, 0.3) is 11.0 Å². The van der Waals surface area contributed by atoms with Crippen molar-refractivity contribution in [2.24, 2.45) is 0 Å². The Kier molecular flexibility index (Phi) is 5.06. The minimum Gasteiger partial charge on any atom is -0.479 e. The molecule has 2 heterocycles. The van der Waals surface area contributed by atoms with E-state index in [1.165, 1.54) is 0 Å². The number of halogens is 3. The predicted octanol–water partition coefficient (Wildman–Crippen LogP) is 0.0828. The van der Waals surface area contributed by atoms with Gasteiger partial charge in [0.2, 0.25) is 6.29 Å². The van der Waals surface area contributed by atoms with E-state index < -0.39 is 65.0 Å². The van der Waals surface area contributed by atoms with Crippen molar-refractivity contribution in [1.29, 1.82) is 0 Å². The zero-order valence-corrected chi connectivity index (χ0v) is 13.7. The van der Waals surface area contributed by atoms with Crippen LogP contribution in [-0.4, -0.2) is 57.1 Å². The van der Waals surface area contributed by atoms with E-state index in [4.69, 9.17) is 19.0 Å². The van der Waals surface area contributed by atoms with Crippen LogP contribution in [0.1, 0.15) is 5.56 Å². The third-order valence-electron chi connectivity index (χ3n) is 4.09. The van der Waals surface area contributed by atoms with Gasteiger partial charge in [0.15, 0.2) is 6.10 Å². The zero-order valence-electron chi connectivity index (χ0n) is 13.7. The summed E-state index contributed by atoms with van der Waals surface area (Å²) in [5.41, 5.74) is -2.95. The molecular weight excluding hydrogens is 393 g/mol. The molecule has 0 radical (unpaired) electrons. The molecule has 9 nitrogen and oxygen atoms in total. The third kappa shape index (κ3) is 3.67. The van der Waals surface area contributed by atoms with Gasteiger partial charge in [0.1, 0.15) is 29.6 Å². The van der Waals surface area contributed by atoms with E-state index in [0.29, 0.717) is 6.07 Å². The Balaban J connectivity index is 1.94. The van der Waals surface area contributed by atoms with Crippen molar-refractivity contribution in [2.75, 3.05) is 0 Å². The van der Waals surface area contributed by atoms with Gasteiger partial charge < -0.3 is 34.3 Å². The Hall–Kier alpha value is -2.67. The maximum absolute atomic E-state index is 13.0. The topological polar surface area (TPSA) is 147 Å². The number of fused-ring (bicyclic) bond motifs is 1. The molecule has 152 valence electrons. The number of ether oxygens (including phenoxy) is 2. The molecule has 1 aromatic carbocycles. The van der Waals surface area contributed by atoms with Crippen molar-refractivity contribution in [3.8, 4) is 5.75 Å². The summed E-state index contributed by atoms with van der Waals surface area (Å²) < 4.78 is 54.0. The molecule has 1 saturated heterocycles. The minimum atomic E-state index is -4.81. The molecule has 1 aromatic heterocycles. The molecule has 2 aromatic rings. The van der Waals surface area contributed by atoms with Crippen LogP contribution in [0.3, 0.4) is 0 Å². The van der Waals surface area contributed by atoms with Gasteiger partial charge in [0.25, 0.3) is 0 Å². The van der Waals surface area contributed by atoms with Crippen molar-refractivity contribution in [1.82, 2.24) is 0 Å². The fourth-order valence-corrected chi connectivity index (χ4v) is 2.73. The second kappa shape index (κ2) is 7.05. The minimum absolute atomic E-state index is 0.244. The maximum Gasteiger partial charge on any atom is 0.417 e. The smallest absolute Gasteiger partial charge is 0.417 e. The van der Waals surface area contributed by atoms with Gasteiger partial charge >= 0.3 is 17.8 Å². The van der Waals surface area contributed by atoms with Crippen LogP contribution in [0.5, 0.6) is 5.75 Å². The lowest BCUT2D eigenvalue weighted by atomic mass is 9.99. The number of carboxylic acid groups (broad SMARTS) is 1.